The van der Waals surface area contributed by atoms with E-state index in [0.717, 1.165) is 0 Å². The Hall–Kier alpha value is -2.87. The van der Waals surface area contributed by atoms with Crippen LogP contribution in [0, 0.1) is 10.1 Å². The molecule has 0 saturated heterocycles. The first-order valence-corrected chi connectivity index (χ1v) is 6.72. The number of hydrogen-bond acceptors (Lipinski definition) is 5. The van der Waals surface area contributed by atoms with Crippen molar-refractivity contribution in [3.05, 3.63) is 58.6 Å². The number of nitrogens with one attached hydrogen (secondary N) is 3. The fourth-order valence-corrected chi connectivity index (χ4v) is 1.93. The van der Waals surface area contributed by atoms with Gasteiger partial charge in [0.25, 0.3) is 5.69 Å². The second-order valence-electron chi connectivity index (χ2n) is 4.18. The maximum Gasteiger partial charge on any atom is 0.294 e. The molecule has 0 heterocycles. The highest BCUT2D eigenvalue weighted by atomic mass is 32.1. The molecule has 0 radical (unpaired) electrons. The second kappa shape index (κ2) is 7.23. The molecule has 0 aliphatic heterocycles. The molecule has 3 N–H and O–H groups in total. The molecule has 0 atom stereocenters. The number of nitro benzene ring substituents is 1. The predicted octanol–water partition coefficient (Wildman–Crippen LogP) is 2.92. The first-order chi connectivity index (χ1) is 10.6. The zero-order valence-electron chi connectivity index (χ0n) is 11.7. The highest BCUT2D eigenvalue weighted by Gasteiger charge is 2.12. The summed E-state index contributed by atoms with van der Waals surface area (Å²) in [5.41, 5.74) is 6.38. The van der Waals surface area contributed by atoms with Crippen LogP contribution in [0.3, 0.4) is 0 Å². The van der Waals surface area contributed by atoms with E-state index in [-0.39, 0.29) is 10.8 Å². The lowest BCUT2D eigenvalue weighted by molar-refractivity contribution is -0.384. The van der Waals surface area contributed by atoms with Crippen molar-refractivity contribution in [2.45, 2.75) is 0 Å². The van der Waals surface area contributed by atoms with E-state index >= 15 is 0 Å². The standard InChI is InChI=1S/C14H14N4O3S/c1-21-13-9-5-3-7-11(13)15-14(22)17-16-10-6-2-4-8-12(10)18(19)20/h2-9,16H,1H3,(H2,15,17,22). The predicted molar refractivity (Wildman–Crippen MR) is 89.1 cm³/mol. The number of hydrogen-bond donors (Lipinski definition) is 3. The average molecular weight is 318 g/mol. The fourth-order valence-electron chi connectivity index (χ4n) is 1.76. The normalized spacial score (nSPS) is 9.68. The van der Waals surface area contributed by atoms with Crippen LogP contribution in [0.1, 0.15) is 0 Å². The topological polar surface area (TPSA) is 88.5 Å². The SMILES string of the molecule is COc1ccccc1NC(=S)NNc1ccccc1[N+](=O)[O-]. The van der Waals surface area contributed by atoms with E-state index in [1.807, 2.05) is 12.1 Å². The Bertz CT molecular complexity index is 693. The Morgan fingerprint density at radius 1 is 1.14 bits per heavy atom. The van der Waals surface area contributed by atoms with Crippen molar-refractivity contribution in [3.8, 4) is 5.75 Å². The summed E-state index contributed by atoms with van der Waals surface area (Å²) >= 11 is 5.14. The monoisotopic (exact) mass is 318 g/mol. The van der Waals surface area contributed by atoms with E-state index in [4.69, 9.17) is 17.0 Å². The average Bonchev–Trinajstić information content (AvgIpc) is 2.53. The summed E-state index contributed by atoms with van der Waals surface area (Å²) in [5, 5.41) is 14.1. The molecule has 0 aromatic heterocycles. The molecule has 0 spiro atoms. The lowest BCUT2D eigenvalue weighted by atomic mass is 10.3. The summed E-state index contributed by atoms with van der Waals surface area (Å²) in [6, 6.07) is 13.5. The number of thiocarbonyl (C=S) groups is 1. The van der Waals surface area contributed by atoms with Crippen LogP contribution in [0.5, 0.6) is 5.75 Å². The molecular weight excluding hydrogens is 304 g/mol. The van der Waals surface area contributed by atoms with Gasteiger partial charge in [0.2, 0.25) is 0 Å². The summed E-state index contributed by atoms with van der Waals surface area (Å²) < 4.78 is 5.20. The molecule has 0 unspecified atom stereocenters. The lowest BCUT2D eigenvalue weighted by Crippen LogP contribution is -2.33. The van der Waals surface area contributed by atoms with Crippen LogP contribution in [-0.4, -0.2) is 17.1 Å². The molecule has 2 aromatic rings. The third kappa shape index (κ3) is 3.83. The van der Waals surface area contributed by atoms with Crippen LogP contribution in [0.2, 0.25) is 0 Å². The first-order valence-electron chi connectivity index (χ1n) is 6.31. The summed E-state index contributed by atoms with van der Waals surface area (Å²) in [6.45, 7) is 0. The fraction of sp³-hybridized carbons (Fsp3) is 0.0714. The van der Waals surface area contributed by atoms with Crippen molar-refractivity contribution in [3.63, 3.8) is 0 Å². The van der Waals surface area contributed by atoms with Gasteiger partial charge in [-0.15, -0.1) is 0 Å². The van der Waals surface area contributed by atoms with Gasteiger partial charge in [0.15, 0.2) is 5.11 Å². The van der Waals surface area contributed by atoms with Crippen molar-refractivity contribution in [2.24, 2.45) is 0 Å². The number of rotatable bonds is 5. The number of nitrogens with zero attached hydrogens (tertiary/aromatic N) is 1. The summed E-state index contributed by atoms with van der Waals surface area (Å²) in [5.74, 6) is 0.636. The van der Waals surface area contributed by atoms with Crippen molar-refractivity contribution >= 4 is 34.4 Å². The van der Waals surface area contributed by atoms with Gasteiger partial charge in [-0.05, 0) is 30.4 Å². The minimum Gasteiger partial charge on any atom is -0.495 e. The summed E-state index contributed by atoms with van der Waals surface area (Å²) in [7, 11) is 1.56. The molecular formula is C14H14N4O3S. The lowest BCUT2D eigenvalue weighted by Gasteiger charge is -2.14. The van der Waals surface area contributed by atoms with Crippen LogP contribution in [0.4, 0.5) is 17.1 Å². The summed E-state index contributed by atoms with van der Waals surface area (Å²) in [4.78, 5) is 10.4. The Morgan fingerprint density at radius 3 is 2.45 bits per heavy atom. The van der Waals surface area contributed by atoms with Crippen LogP contribution >= 0.6 is 12.2 Å². The van der Waals surface area contributed by atoms with Crippen molar-refractivity contribution in [1.29, 1.82) is 0 Å². The maximum atomic E-state index is 10.9. The van der Waals surface area contributed by atoms with Gasteiger partial charge in [0, 0.05) is 6.07 Å². The molecule has 8 heteroatoms. The van der Waals surface area contributed by atoms with Crippen molar-refractivity contribution in [2.75, 3.05) is 17.9 Å². The van der Waals surface area contributed by atoms with Gasteiger partial charge < -0.3 is 10.1 Å². The molecule has 2 aromatic carbocycles. The number of methoxy groups -OCH3 is 1. The molecule has 0 fully saturated rings. The van der Waals surface area contributed by atoms with Gasteiger partial charge in [0.1, 0.15) is 11.4 Å². The van der Waals surface area contributed by atoms with Gasteiger partial charge in [-0.1, -0.05) is 24.3 Å². The molecule has 2 rings (SSSR count). The number of anilines is 2. The number of para-hydroxylation sites is 4. The van der Waals surface area contributed by atoms with E-state index in [2.05, 4.69) is 16.2 Å². The second-order valence-corrected chi connectivity index (χ2v) is 4.59. The Labute approximate surface area is 132 Å². The van der Waals surface area contributed by atoms with Crippen LogP contribution in [-0.2, 0) is 0 Å². The van der Waals surface area contributed by atoms with E-state index in [1.165, 1.54) is 6.07 Å². The molecule has 22 heavy (non-hydrogen) atoms. The van der Waals surface area contributed by atoms with Crippen molar-refractivity contribution in [1.82, 2.24) is 5.43 Å². The Kier molecular flexibility index (Phi) is 5.10. The zero-order valence-corrected chi connectivity index (χ0v) is 12.5. The number of ether oxygens (including phenoxy) is 1. The molecule has 0 aliphatic carbocycles. The third-order valence-electron chi connectivity index (χ3n) is 2.77. The maximum absolute atomic E-state index is 10.9. The molecule has 114 valence electrons. The first kappa shape index (κ1) is 15.5. The molecule has 0 aliphatic rings. The van der Waals surface area contributed by atoms with Gasteiger partial charge in [-0.2, -0.15) is 0 Å². The number of benzene rings is 2. The zero-order chi connectivity index (χ0) is 15.9. The quantitative estimate of drug-likeness (QED) is 0.444. The minimum atomic E-state index is -0.472. The molecule has 7 nitrogen and oxygen atoms in total. The molecule has 0 amide bonds. The number of hydrazine groups is 1. The van der Waals surface area contributed by atoms with E-state index in [9.17, 15) is 10.1 Å². The largest absolute Gasteiger partial charge is 0.495 e. The van der Waals surface area contributed by atoms with E-state index in [1.54, 1.807) is 37.4 Å². The van der Waals surface area contributed by atoms with Gasteiger partial charge in [-0.25, -0.2) is 0 Å². The van der Waals surface area contributed by atoms with Crippen molar-refractivity contribution < 1.29 is 9.66 Å². The summed E-state index contributed by atoms with van der Waals surface area (Å²) in [6.07, 6.45) is 0. The molecule has 0 bridgehead atoms. The Morgan fingerprint density at radius 2 is 1.77 bits per heavy atom. The highest BCUT2D eigenvalue weighted by Crippen LogP contribution is 2.24. The molecule has 0 saturated carbocycles. The Balaban J connectivity index is 2.00. The van der Waals surface area contributed by atoms with Gasteiger partial charge in [-0.3, -0.25) is 21.0 Å². The number of nitro groups is 1. The van der Waals surface area contributed by atoms with Crippen LogP contribution < -0.4 is 20.9 Å². The third-order valence-corrected chi connectivity index (χ3v) is 2.97. The van der Waals surface area contributed by atoms with E-state index < -0.39 is 4.92 Å². The highest BCUT2D eigenvalue weighted by molar-refractivity contribution is 7.80. The van der Waals surface area contributed by atoms with E-state index in [0.29, 0.717) is 17.1 Å². The van der Waals surface area contributed by atoms with Gasteiger partial charge in [0.05, 0.1) is 17.7 Å². The van der Waals surface area contributed by atoms with Crippen LogP contribution in [0.15, 0.2) is 48.5 Å². The van der Waals surface area contributed by atoms with Gasteiger partial charge >= 0.3 is 0 Å². The smallest absolute Gasteiger partial charge is 0.294 e. The minimum absolute atomic E-state index is 0.0462. The van der Waals surface area contributed by atoms with Crippen LogP contribution in [0.25, 0.3) is 0 Å².